The van der Waals surface area contributed by atoms with E-state index >= 15 is 0 Å². The lowest BCUT2D eigenvalue weighted by atomic mass is 9.96. The molecule has 0 aliphatic heterocycles. The van der Waals surface area contributed by atoms with Gasteiger partial charge in [0.2, 0.25) is 0 Å². The van der Waals surface area contributed by atoms with Crippen LogP contribution in [0, 0.1) is 0 Å². The van der Waals surface area contributed by atoms with Crippen molar-refractivity contribution in [3.8, 4) is 0 Å². The van der Waals surface area contributed by atoms with Crippen LogP contribution in [0.3, 0.4) is 0 Å². The van der Waals surface area contributed by atoms with E-state index in [1.54, 1.807) is 24.4 Å². The number of hydrogen-bond donors (Lipinski definition) is 1. The molecular formula is C13H12ClNO2. The summed E-state index contributed by atoms with van der Waals surface area (Å²) in [5.74, 6) is -0.833. The van der Waals surface area contributed by atoms with E-state index in [2.05, 4.69) is 4.98 Å². The minimum atomic E-state index is -0.941. The Morgan fingerprint density at radius 1 is 1.41 bits per heavy atom. The quantitative estimate of drug-likeness (QED) is 0.883. The number of benzene rings is 1. The largest absolute Gasteiger partial charge is 0.478 e. The SMILES string of the molecule is CC(C)c1cnc2ccc(Cl)cc2c1C(=O)O. The predicted octanol–water partition coefficient (Wildman–Crippen LogP) is 3.71. The van der Waals surface area contributed by atoms with Crippen molar-refractivity contribution < 1.29 is 9.90 Å². The summed E-state index contributed by atoms with van der Waals surface area (Å²) < 4.78 is 0. The third-order valence-corrected chi connectivity index (χ3v) is 2.93. The van der Waals surface area contributed by atoms with Crippen LogP contribution in [-0.4, -0.2) is 16.1 Å². The molecule has 1 heterocycles. The number of hydrogen-bond acceptors (Lipinski definition) is 2. The van der Waals surface area contributed by atoms with Gasteiger partial charge in [-0.15, -0.1) is 0 Å². The predicted molar refractivity (Wildman–Crippen MR) is 67.8 cm³/mol. The van der Waals surface area contributed by atoms with Crippen molar-refractivity contribution in [1.82, 2.24) is 4.98 Å². The first kappa shape index (κ1) is 11.9. The second-order valence-corrected chi connectivity index (χ2v) is 4.65. The van der Waals surface area contributed by atoms with Gasteiger partial charge in [0.05, 0.1) is 11.1 Å². The van der Waals surface area contributed by atoms with E-state index in [0.29, 0.717) is 21.5 Å². The number of carboxylic acid groups (broad SMARTS) is 1. The molecule has 0 saturated carbocycles. The maximum Gasteiger partial charge on any atom is 0.336 e. The maximum atomic E-state index is 11.4. The summed E-state index contributed by atoms with van der Waals surface area (Å²) in [7, 11) is 0. The minimum Gasteiger partial charge on any atom is -0.478 e. The van der Waals surface area contributed by atoms with Gasteiger partial charge in [-0.25, -0.2) is 4.79 Å². The molecule has 17 heavy (non-hydrogen) atoms. The van der Waals surface area contributed by atoms with E-state index in [9.17, 15) is 9.90 Å². The lowest BCUT2D eigenvalue weighted by Gasteiger charge is -2.11. The molecule has 0 unspecified atom stereocenters. The summed E-state index contributed by atoms with van der Waals surface area (Å²) in [6.07, 6.45) is 1.63. The number of halogens is 1. The van der Waals surface area contributed by atoms with Crippen LogP contribution in [-0.2, 0) is 0 Å². The molecule has 0 fully saturated rings. The van der Waals surface area contributed by atoms with E-state index in [0.717, 1.165) is 5.56 Å². The molecule has 1 N–H and O–H groups in total. The van der Waals surface area contributed by atoms with Crippen LogP contribution in [0.15, 0.2) is 24.4 Å². The Kier molecular flexibility index (Phi) is 3.03. The van der Waals surface area contributed by atoms with Crippen LogP contribution in [0.25, 0.3) is 10.9 Å². The van der Waals surface area contributed by atoms with Crippen molar-refractivity contribution >= 4 is 28.5 Å². The first-order chi connectivity index (χ1) is 8.00. The van der Waals surface area contributed by atoms with E-state index in [1.165, 1.54) is 0 Å². The van der Waals surface area contributed by atoms with Gasteiger partial charge in [0, 0.05) is 16.6 Å². The molecule has 0 radical (unpaired) electrons. The molecule has 0 aliphatic rings. The molecule has 2 rings (SSSR count). The van der Waals surface area contributed by atoms with Crippen LogP contribution < -0.4 is 0 Å². The number of pyridine rings is 1. The Balaban J connectivity index is 2.87. The number of carbonyl (C=O) groups is 1. The van der Waals surface area contributed by atoms with Gasteiger partial charge in [0.1, 0.15) is 0 Å². The lowest BCUT2D eigenvalue weighted by Crippen LogP contribution is -2.06. The summed E-state index contributed by atoms with van der Waals surface area (Å²) in [4.78, 5) is 15.6. The van der Waals surface area contributed by atoms with Crippen LogP contribution in [0.2, 0.25) is 5.02 Å². The number of carboxylic acids is 1. The molecule has 88 valence electrons. The Labute approximate surface area is 104 Å². The molecule has 2 aromatic rings. The minimum absolute atomic E-state index is 0.108. The molecular weight excluding hydrogens is 238 g/mol. The standard InChI is InChI=1S/C13H12ClNO2/c1-7(2)10-6-15-11-4-3-8(14)5-9(11)12(10)13(16)17/h3-7H,1-2H3,(H,16,17). The van der Waals surface area contributed by atoms with Crippen molar-refractivity contribution in [2.24, 2.45) is 0 Å². The molecule has 4 heteroatoms. The van der Waals surface area contributed by atoms with E-state index in [1.807, 2.05) is 13.8 Å². The van der Waals surface area contributed by atoms with Gasteiger partial charge >= 0.3 is 5.97 Å². The van der Waals surface area contributed by atoms with E-state index in [-0.39, 0.29) is 5.92 Å². The molecule has 0 spiro atoms. The van der Waals surface area contributed by atoms with Crippen molar-refractivity contribution in [3.63, 3.8) is 0 Å². The zero-order valence-corrected chi connectivity index (χ0v) is 10.3. The molecule has 3 nitrogen and oxygen atoms in total. The van der Waals surface area contributed by atoms with Crippen LogP contribution in [0.5, 0.6) is 0 Å². The summed E-state index contributed by atoms with van der Waals surface area (Å²) >= 11 is 5.91. The van der Waals surface area contributed by atoms with Crippen molar-refractivity contribution in [2.75, 3.05) is 0 Å². The Hall–Kier alpha value is -1.61. The smallest absolute Gasteiger partial charge is 0.336 e. The van der Waals surface area contributed by atoms with E-state index in [4.69, 9.17) is 11.6 Å². The number of nitrogens with zero attached hydrogens (tertiary/aromatic N) is 1. The molecule has 0 amide bonds. The highest BCUT2D eigenvalue weighted by molar-refractivity contribution is 6.31. The van der Waals surface area contributed by atoms with Gasteiger partial charge in [-0.2, -0.15) is 0 Å². The first-order valence-corrected chi connectivity index (χ1v) is 5.70. The molecule has 0 saturated heterocycles. The fourth-order valence-corrected chi connectivity index (χ4v) is 2.03. The molecule has 0 atom stereocenters. The van der Waals surface area contributed by atoms with Gasteiger partial charge in [-0.1, -0.05) is 25.4 Å². The molecule has 1 aromatic heterocycles. The van der Waals surface area contributed by atoms with Crippen LogP contribution in [0.1, 0.15) is 35.7 Å². The molecule has 1 aromatic carbocycles. The van der Waals surface area contributed by atoms with Crippen molar-refractivity contribution in [1.29, 1.82) is 0 Å². The highest BCUT2D eigenvalue weighted by atomic mass is 35.5. The van der Waals surface area contributed by atoms with Crippen LogP contribution in [0.4, 0.5) is 0 Å². The number of fused-ring (bicyclic) bond motifs is 1. The average molecular weight is 250 g/mol. The lowest BCUT2D eigenvalue weighted by molar-refractivity contribution is 0.0697. The first-order valence-electron chi connectivity index (χ1n) is 5.32. The zero-order chi connectivity index (χ0) is 12.6. The van der Waals surface area contributed by atoms with Gasteiger partial charge in [0.25, 0.3) is 0 Å². The third kappa shape index (κ3) is 2.11. The Bertz CT molecular complexity index is 593. The topological polar surface area (TPSA) is 50.2 Å². The average Bonchev–Trinajstić information content (AvgIpc) is 2.26. The second kappa shape index (κ2) is 4.34. The zero-order valence-electron chi connectivity index (χ0n) is 9.57. The third-order valence-electron chi connectivity index (χ3n) is 2.70. The van der Waals surface area contributed by atoms with Crippen molar-refractivity contribution in [2.45, 2.75) is 19.8 Å². The molecule has 0 bridgehead atoms. The summed E-state index contributed by atoms with van der Waals surface area (Å²) in [6.45, 7) is 3.89. The van der Waals surface area contributed by atoms with Gasteiger partial charge in [-0.3, -0.25) is 4.98 Å². The highest BCUT2D eigenvalue weighted by Gasteiger charge is 2.17. The Morgan fingerprint density at radius 3 is 2.71 bits per heavy atom. The van der Waals surface area contributed by atoms with Gasteiger partial charge < -0.3 is 5.11 Å². The normalized spacial score (nSPS) is 11.1. The van der Waals surface area contributed by atoms with Gasteiger partial charge in [0.15, 0.2) is 0 Å². The highest BCUT2D eigenvalue weighted by Crippen LogP contribution is 2.27. The summed E-state index contributed by atoms with van der Waals surface area (Å²) in [6, 6.07) is 5.09. The fourth-order valence-electron chi connectivity index (χ4n) is 1.86. The second-order valence-electron chi connectivity index (χ2n) is 4.21. The van der Waals surface area contributed by atoms with E-state index < -0.39 is 5.97 Å². The monoisotopic (exact) mass is 249 g/mol. The van der Waals surface area contributed by atoms with Gasteiger partial charge in [-0.05, 0) is 29.7 Å². The van der Waals surface area contributed by atoms with Crippen molar-refractivity contribution in [3.05, 3.63) is 40.5 Å². The van der Waals surface area contributed by atoms with Crippen LogP contribution >= 0.6 is 11.6 Å². The number of rotatable bonds is 2. The summed E-state index contributed by atoms with van der Waals surface area (Å²) in [5, 5.41) is 10.4. The Morgan fingerprint density at radius 2 is 2.12 bits per heavy atom. The number of aromatic nitrogens is 1. The fraction of sp³-hybridized carbons (Fsp3) is 0.231. The summed E-state index contributed by atoms with van der Waals surface area (Å²) in [5.41, 5.74) is 1.68. The maximum absolute atomic E-state index is 11.4. The number of aromatic carboxylic acids is 1. The molecule has 0 aliphatic carbocycles.